The van der Waals surface area contributed by atoms with Crippen LogP contribution < -0.4 is 11.2 Å². The maximum atomic E-state index is 12.2. The number of likely N-dealkylation sites (tertiary alicyclic amines) is 1. The van der Waals surface area contributed by atoms with E-state index in [4.69, 9.17) is 4.52 Å². The normalized spacial score (nSPS) is 14.1. The first-order valence-corrected chi connectivity index (χ1v) is 8.43. The van der Waals surface area contributed by atoms with Crippen molar-refractivity contribution in [1.82, 2.24) is 29.6 Å². The second-order valence-electron chi connectivity index (χ2n) is 6.22. The first-order chi connectivity index (χ1) is 13.1. The summed E-state index contributed by atoms with van der Waals surface area (Å²) in [5.41, 5.74) is -0.353. The van der Waals surface area contributed by atoms with Gasteiger partial charge in [-0.3, -0.25) is 19.6 Å². The zero-order valence-electron chi connectivity index (χ0n) is 14.2. The molecule has 27 heavy (non-hydrogen) atoms. The zero-order chi connectivity index (χ0) is 18.8. The van der Waals surface area contributed by atoms with E-state index in [1.807, 2.05) is 6.07 Å². The molecule has 0 bridgehead atoms. The van der Waals surface area contributed by atoms with E-state index in [0.717, 1.165) is 0 Å². The van der Waals surface area contributed by atoms with Crippen molar-refractivity contribution in [3.8, 4) is 11.5 Å². The molecule has 10 nitrogen and oxygen atoms in total. The van der Waals surface area contributed by atoms with Gasteiger partial charge in [-0.05, 0) is 12.1 Å². The van der Waals surface area contributed by atoms with E-state index >= 15 is 0 Å². The Morgan fingerprint density at radius 1 is 1.26 bits per heavy atom. The number of carbonyl (C=O) groups is 1. The number of hydrogen-bond acceptors (Lipinski definition) is 7. The minimum Gasteiger partial charge on any atom is -0.341 e. The van der Waals surface area contributed by atoms with Crippen molar-refractivity contribution >= 4 is 5.91 Å². The molecule has 3 aromatic heterocycles. The molecule has 138 valence electrons. The van der Waals surface area contributed by atoms with Crippen molar-refractivity contribution in [2.75, 3.05) is 13.1 Å². The molecule has 0 saturated carbocycles. The molecule has 4 heterocycles. The van der Waals surface area contributed by atoms with E-state index in [-0.39, 0.29) is 24.8 Å². The van der Waals surface area contributed by atoms with Crippen LogP contribution in [0.1, 0.15) is 18.2 Å². The molecule has 1 aliphatic rings. The van der Waals surface area contributed by atoms with Gasteiger partial charge in [-0.2, -0.15) is 4.98 Å². The summed E-state index contributed by atoms with van der Waals surface area (Å²) in [6, 6.07) is 6.70. The highest BCUT2D eigenvalue weighted by atomic mass is 16.5. The smallest absolute Gasteiger partial charge is 0.328 e. The molecular weight excluding hydrogens is 352 g/mol. The van der Waals surface area contributed by atoms with Crippen molar-refractivity contribution in [3.05, 3.63) is 63.4 Å². The molecule has 1 N–H and O–H groups in total. The van der Waals surface area contributed by atoms with Crippen molar-refractivity contribution in [3.63, 3.8) is 0 Å². The molecule has 10 heteroatoms. The van der Waals surface area contributed by atoms with Crippen LogP contribution in [0.2, 0.25) is 0 Å². The van der Waals surface area contributed by atoms with Crippen LogP contribution in [0.3, 0.4) is 0 Å². The van der Waals surface area contributed by atoms with Crippen LogP contribution in [0.15, 0.2) is 50.8 Å². The third kappa shape index (κ3) is 3.54. The van der Waals surface area contributed by atoms with Crippen LogP contribution in [-0.4, -0.2) is 48.6 Å². The standard InChI is InChI=1S/C17H16N6O4/c24-13-4-7-22(17(26)19-13)8-5-14(25)23-9-11(10-23)16-20-15(21-27-16)12-3-1-2-6-18-12/h1-4,6-7,11H,5,8-10H2,(H,19,24,26). The number of nitrogens with zero attached hydrogens (tertiary/aromatic N) is 5. The van der Waals surface area contributed by atoms with Gasteiger partial charge in [-0.15, -0.1) is 0 Å². The van der Waals surface area contributed by atoms with E-state index < -0.39 is 11.2 Å². The first-order valence-electron chi connectivity index (χ1n) is 8.43. The number of amides is 1. The van der Waals surface area contributed by atoms with E-state index in [0.29, 0.717) is 30.5 Å². The predicted octanol–water partition coefficient (Wildman–Crippen LogP) is -0.00230. The number of aryl methyl sites for hydroxylation is 1. The van der Waals surface area contributed by atoms with E-state index in [9.17, 15) is 14.4 Å². The number of carbonyl (C=O) groups excluding carboxylic acids is 1. The lowest BCUT2D eigenvalue weighted by Gasteiger charge is -2.37. The molecule has 0 spiro atoms. The lowest BCUT2D eigenvalue weighted by Crippen LogP contribution is -2.49. The quantitative estimate of drug-likeness (QED) is 0.671. The van der Waals surface area contributed by atoms with Gasteiger partial charge in [-0.1, -0.05) is 11.2 Å². The SMILES string of the molecule is O=C(CCn1ccc(=O)[nH]c1=O)N1CC(c2nc(-c3ccccn3)no2)C1. The summed E-state index contributed by atoms with van der Waals surface area (Å²) < 4.78 is 6.59. The molecule has 1 amide bonds. The van der Waals surface area contributed by atoms with Gasteiger partial charge >= 0.3 is 5.69 Å². The Bertz CT molecular complexity index is 1060. The number of rotatable bonds is 5. The van der Waals surface area contributed by atoms with E-state index in [1.54, 1.807) is 23.2 Å². The summed E-state index contributed by atoms with van der Waals surface area (Å²) in [6.07, 6.45) is 3.20. The molecule has 0 atom stereocenters. The maximum absolute atomic E-state index is 12.2. The Labute approximate surface area is 152 Å². The molecule has 1 saturated heterocycles. The predicted molar refractivity (Wildman–Crippen MR) is 92.8 cm³/mol. The third-order valence-electron chi connectivity index (χ3n) is 4.38. The van der Waals surface area contributed by atoms with Crippen molar-refractivity contribution < 1.29 is 9.32 Å². The van der Waals surface area contributed by atoms with Crippen LogP contribution in [0.25, 0.3) is 11.5 Å². The number of H-pyrrole nitrogens is 1. The molecule has 1 aliphatic heterocycles. The molecule has 0 aliphatic carbocycles. The van der Waals surface area contributed by atoms with Crippen LogP contribution >= 0.6 is 0 Å². The van der Waals surface area contributed by atoms with E-state index in [1.165, 1.54) is 16.8 Å². The molecule has 4 rings (SSSR count). The Kier molecular flexibility index (Phi) is 4.37. The van der Waals surface area contributed by atoms with Crippen LogP contribution in [0.5, 0.6) is 0 Å². The Hall–Kier alpha value is -3.56. The second kappa shape index (κ2) is 6.98. The highest BCUT2D eigenvalue weighted by molar-refractivity contribution is 5.77. The lowest BCUT2D eigenvalue weighted by molar-refractivity contribution is -0.136. The van der Waals surface area contributed by atoms with Gasteiger partial charge in [0.05, 0.1) is 5.92 Å². The highest BCUT2D eigenvalue weighted by Crippen LogP contribution is 2.27. The van der Waals surface area contributed by atoms with Gasteiger partial charge in [0.1, 0.15) is 5.69 Å². The Balaban J connectivity index is 1.31. The van der Waals surface area contributed by atoms with Crippen molar-refractivity contribution in [2.45, 2.75) is 18.9 Å². The van der Waals surface area contributed by atoms with Crippen molar-refractivity contribution in [2.24, 2.45) is 0 Å². The van der Waals surface area contributed by atoms with Gasteiger partial charge in [-0.25, -0.2) is 4.79 Å². The fraction of sp³-hybridized carbons (Fsp3) is 0.294. The van der Waals surface area contributed by atoms with Crippen LogP contribution in [-0.2, 0) is 11.3 Å². The maximum Gasteiger partial charge on any atom is 0.328 e. The summed E-state index contributed by atoms with van der Waals surface area (Å²) in [7, 11) is 0. The second-order valence-corrected chi connectivity index (χ2v) is 6.22. The number of aromatic amines is 1. The fourth-order valence-corrected chi connectivity index (χ4v) is 2.83. The minimum atomic E-state index is -0.523. The molecule has 1 fully saturated rings. The molecule has 0 aromatic carbocycles. The average Bonchev–Trinajstić information content (AvgIpc) is 3.10. The summed E-state index contributed by atoms with van der Waals surface area (Å²) in [6.45, 7) is 1.19. The number of pyridine rings is 1. The Morgan fingerprint density at radius 3 is 2.85 bits per heavy atom. The molecule has 0 unspecified atom stereocenters. The number of aromatic nitrogens is 5. The Morgan fingerprint density at radius 2 is 2.11 bits per heavy atom. The summed E-state index contributed by atoms with van der Waals surface area (Å²) in [5, 5.41) is 3.93. The lowest BCUT2D eigenvalue weighted by atomic mass is 9.99. The molecule has 0 radical (unpaired) electrons. The van der Waals surface area contributed by atoms with Gasteiger partial charge in [0.2, 0.25) is 17.6 Å². The summed E-state index contributed by atoms with van der Waals surface area (Å²) >= 11 is 0. The van der Waals surface area contributed by atoms with Crippen LogP contribution in [0.4, 0.5) is 0 Å². The minimum absolute atomic E-state index is 0.00489. The average molecular weight is 368 g/mol. The topological polar surface area (TPSA) is 127 Å². The first kappa shape index (κ1) is 16.9. The fourth-order valence-electron chi connectivity index (χ4n) is 2.83. The molecular formula is C17H16N6O4. The zero-order valence-corrected chi connectivity index (χ0v) is 14.2. The highest BCUT2D eigenvalue weighted by Gasteiger charge is 2.35. The number of hydrogen-bond donors (Lipinski definition) is 1. The largest absolute Gasteiger partial charge is 0.341 e. The van der Waals surface area contributed by atoms with Crippen LogP contribution in [0, 0.1) is 0 Å². The van der Waals surface area contributed by atoms with E-state index in [2.05, 4.69) is 20.1 Å². The number of nitrogens with one attached hydrogen (secondary N) is 1. The molecule has 3 aromatic rings. The van der Waals surface area contributed by atoms with Gasteiger partial charge in [0.15, 0.2) is 0 Å². The van der Waals surface area contributed by atoms with Gasteiger partial charge < -0.3 is 14.0 Å². The van der Waals surface area contributed by atoms with Crippen molar-refractivity contribution in [1.29, 1.82) is 0 Å². The summed E-state index contributed by atoms with van der Waals surface area (Å²) in [5.74, 6) is 0.827. The summed E-state index contributed by atoms with van der Waals surface area (Å²) in [4.78, 5) is 47.3. The van der Waals surface area contributed by atoms with Gasteiger partial charge in [0, 0.05) is 44.5 Å². The monoisotopic (exact) mass is 368 g/mol. The van der Waals surface area contributed by atoms with Gasteiger partial charge in [0.25, 0.3) is 5.56 Å². The third-order valence-corrected chi connectivity index (χ3v) is 4.38.